The molecule has 0 spiro atoms. The summed E-state index contributed by atoms with van der Waals surface area (Å²) in [5.41, 5.74) is 1.29. The Morgan fingerprint density at radius 1 is 1.12 bits per heavy atom. The fourth-order valence-corrected chi connectivity index (χ4v) is 2.42. The summed E-state index contributed by atoms with van der Waals surface area (Å²) in [5.74, 6) is 0.244. The minimum Gasteiger partial charge on any atom is -0.496 e. The molecule has 6 heteroatoms. The van der Waals surface area contributed by atoms with Gasteiger partial charge < -0.3 is 15.4 Å². The van der Waals surface area contributed by atoms with E-state index in [9.17, 15) is 9.59 Å². The Kier molecular flexibility index (Phi) is 6.33. The molecular weight excluding hydrogens is 330 g/mol. The molecule has 0 aliphatic heterocycles. The molecule has 0 fully saturated rings. The number of para-hydroxylation sites is 1. The van der Waals surface area contributed by atoms with Gasteiger partial charge in [0.15, 0.2) is 0 Å². The lowest BCUT2D eigenvalue weighted by Crippen LogP contribution is -2.40. The highest BCUT2D eigenvalue weighted by molar-refractivity contribution is 5.98. The van der Waals surface area contributed by atoms with Crippen LogP contribution in [0.2, 0.25) is 0 Å². The van der Waals surface area contributed by atoms with E-state index in [1.807, 2.05) is 45.0 Å². The summed E-state index contributed by atoms with van der Waals surface area (Å²) < 4.78 is 5.30. The van der Waals surface area contributed by atoms with E-state index in [1.54, 1.807) is 13.2 Å². The Balaban J connectivity index is 1.97. The van der Waals surface area contributed by atoms with E-state index in [1.165, 1.54) is 12.3 Å². The van der Waals surface area contributed by atoms with Gasteiger partial charge >= 0.3 is 0 Å². The first-order valence-corrected chi connectivity index (χ1v) is 8.49. The van der Waals surface area contributed by atoms with Gasteiger partial charge in [0.25, 0.3) is 11.8 Å². The molecule has 2 amide bonds. The molecule has 0 aliphatic rings. The smallest absolute Gasteiger partial charge is 0.269 e. The quantitative estimate of drug-likeness (QED) is 0.835. The number of rotatable bonds is 6. The number of nitrogens with zero attached hydrogens (tertiary/aromatic N) is 1. The molecule has 2 N–H and O–H groups in total. The van der Waals surface area contributed by atoms with Crippen molar-refractivity contribution < 1.29 is 14.3 Å². The van der Waals surface area contributed by atoms with Crippen LogP contribution in [0.5, 0.6) is 5.75 Å². The lowest BCUT2D eigenvalue weighted by Gasteiger charge is -2.20. The summed E-state index contributed by atoms with van der Waals surface area (Å²) in [7, 11) is 1.62. The van der Waals surface area contributed by atoms with Crippen LogP contribution >= 0.6 is 0 Å². The van der Waals surface area contributed by atoms with Gasteiger partial charge in [0, 0.05) is 23.8 Å². The molecule has 0 aliphatic carbocycles. The van der Waals surface area contributed by atoms with E-state index in [-0.39, 0.29) is 23.0 Å². The molecule has 2 rings (SSSR count). The number of aromatic nitrogens is 1. The Morgan fingerprint density at radius 2 is 1.85 bits per heavy atom. The van der Waals surface area contributed by atoms with Crippen molar-refractivity contribution in [3.8, 4) is 5.75 Å². The third-order valence-electron chi connectivity index (χ3n) is 3.62. The van der Waals surface area contributed by atoms with Crippen molar-refractivity contribution >= 4 is 11.8 Å². The molecule has 1 aromatic heterocycles. The Labute approximate surface area is 154 Å². The number of hydrogen-bond donors (Lipinski definition) is 2. The molecule has 26 heavy (non-hydrogen) atoms. The van der Waals surface area contributed by atoms with Gasteiger partial charge in [-0.2, -0.15) is 0 Å². The number of carbonyl (C=O) groups is 2. The van der Waals surface area contributed by atoms with Crippen LogP contribution in [0.4, 0.5) is 0 Å². The second kappa shape index (κ2) is 8.47. The number of methoxy groups -OCH3 is 1. The predicted molar refractivity (Wildman–Crippen MR) is 100 cm³/mol. The van der Waals surface area contributed by atoms with Crippen LogP contribution in [0.3, 0.4) is 0 Å². The van der Waals surface area contributed by atoms with Crippen LogP contribution in [0.1, 0.15) is 47.2 Å². The van der Waals surface area contributed by atoms with Crippen molar-refractivity contribution in [3.63, 3.8) is 0 Å². The van der Waals surface area contributed by atoms with Crippen molar-refractivity contribution in [2.45, 2.75) is 32.7 Å². The van der Waals surface area contributed by atoms with Crippen molar-refractivity contribution in [2.24, 2.45) is 0 Å². The molecule has 138 valence electrons. The summed E-state index contributed by atoms with van der Waals surface area (Å²) in [6, 6.07) is 10.8. The van der Waals surface area contributed by atoms with Gasteiger partial charge in [0.1, 0.15) is 11.4 Å². The second-order valence-corrected chi connectivity index (χ2v) is 6.95. The minimum atomic E-state index is -0.350. The number of nitrogens with one attached hydrogen (secondary N) is 2. The van der Waals surface area contributed by atoms with Gasteiger partial charge in [0.2, 0.25) is 0 Å². The largest absolute Gasteiger partial charge is 0.496 e. The third-order valence-corrected chi connectivity index (χ3v) is 3.62. The second-order valence-electron chi connectivity index (χ2n) is 6.95. The van der Waals surface area contributed by atoms with Crippen LogP contribution in [-0.4, -0.2) is 36.0 Å². The molecule has 0 atom stereocenters. The van der Waals surface area contributed by atoms with Gasteiger partial charge in [-0.25, -0.2) is 0 Å². The first-order valence-electron chi connectivity index (χ1n) is 8.49. The molecule has 0 bridgehead atoms. The number of benzene rings is 1. The predicted octanol–water partition coefficient (Wildman–Crippen LogP) is 2.59. The van der Waals surface area contributed by atoms with Crippen LogP contribution in [0.25, 0.3) is 0 Å². The SMILES string of the molecule is COc1ccccc1CCNC(=O)c1cc(C(=O)NC(C)(C)C)ccn1. The molecule has 1 heterocycles. The topological polar surface area (TPSA) is 80.3 Å². The fourth-order valence-electron chi connectivity index (χ4n) is 2.42. The molecule has 6 nitrogen and oxygen atoms in total. The van der Waals surface area contributed by atoms with Crippen LogP contribution < -0.4 is 15.4 Å². The summed E-state index contributed by atoms with van der Waals surface area (Å²) in [6.45, 7) is 6.14. The number of hydrogen-bond acceptors (Lipinski definition) is 4. The zero-order chi connectivity index (χ0) is 19.2. The average Bonchev–Trinajstić information content (AvgIpc) is 2.60. The van der Waals surface area contributed by atoms with Gasteiger partial charge in [0.05, 0.1) is 7.11 Å². The van der Waals surface area contributed by atoms with E-state index in [0.717, 1.165) is 11.3 Å². The van der Waals surface area contributed by atoms with Crippen molar-refractivity contribution in [1.82, 2.24) is 15.6 Å². The molecule has 0 saturated heterocycles. The summed E-state index contributed by atoms with van der Waals surface area (Å²) >= 11 is 0. The minimum absolute atomic E-state index is 0.214. The number of amides is 2. The number of ether oxygens (including phenoxy) is 1. The lowest BCUT2D eigenvalue weighted by molar-refractivity contribution is 0.0919. The highest BCUT2D eigenvalue weighted by Gasteiger charge is 2.17. The third kappa shape index (κ3) is 5.58. The molecular formula is C20H25N3O3. The van der Waals surface area contributed by atoms with Gasteiger partial charge in [-0.05, 0) is 51.0 Å². The highest BCUT2D eigenvalue weighted by atomic mass is 16.5. The zero-order valence-corrected chi connectivity index (χ0v) is 15.6. The van der Waals surface area contributed by atoms with E-state index in [0.29, 0.717) is 18.5 Å². The summed E-state index contributed by atoms with van der Waals surface area (Å²) in [5, 5.41) is 5.69. The van der Waals surface area contributed by atoms with Crippen LogP contribution in [0.15, 0.2) is 42.6 Å². The Bertz CT molecular complexity index is 782. The van der Waals surface area contributed by atoms with Crippen molar-refractivity contribution in [3.05, 3.63) is 59.4 Å². The van der Waals surface area contributed by atoms with E-state index >= 15 is 0 Å². The number of carbonyl (C=O) groups excluding carboxylic acids is 2. The maximum absolute atomic E-state index is 12.3. The zero-order valence-electron chi connectivity index (χ0n) is 15.6. The summed E-state index contributed by atoms with van der Waals surface area (Å²) in [4.78, 5) is 28.6. The molecule has 1 aromatic carbocycles. The highest BCUT2D eigenvalue weighted by Crippen LogP contribution is 2.17. The summed E-state index contributed by atoms with van der Waals surface area (Å²) in [6.07, 6.45) is 2.10. The molecule has 0 unspecified atom stereocenters. The molecule has 0 radical (unpaired) electrons. The standard InChI is InChI=1S/C20H25N3O3/c1-20(2,3)23-18(24)15-10-11-21-16(13-15)19(25)22-12-9-14-7-5-6-8-17(14)26-4/h5-8,10-11,13H,9,12H2,1-4H3,(H,22,25)(H,23,24). The lowest BCUT2D eigenvalue weighted by atomic mass is 10.1. The molecule has 2 aromatic rings. The monoisotopic (exact) mass is 355 g/mol. The van der Waals surface area contributed by atoms with Gasteiger partial charge in [-0.3, -0.25) is 14.6 Å². The Morgan fingerprint density at radius 3 is 2.54 bits per heavy atom. The van der Waals surface area contributed by atoms with Crippen LogP contribution in [-0.2, 0) is 6.42 Å². The maximum atomic E-state index is 12.3. The van der Waals surface area contributed by atoms with Gasteiger partial charge in [-0.1, -0.05) is 18.2 Å². The van der Waals surface area contributed by atoms with Crippen LogP contribution in [0, 0.1) is 0 Å². The Hall–Kier alpha value is -2.89. The first kappa shape index (κ1) is 19.4. The maximum Gasteiger partial charge on any atom is 0.269 e. The van der Waals surface area contributed by atoms with E-state index < -0.39 is 0 Å². The normalized spacial score (nSPS) is 10.9. The fraction of sp³-hybridized carbons (Fsp3) is 0.350. The van der Waals surface area contributed by atoms with E-state index in [4.69, 9.17) is 4.74 Å². The van der Waals surface area contributed by atoms with Crippen molar-refractivity contribution in [1.29, 1.82) is 0 Å². The molecule has 0 saturated carbocycles. The average molecular weight is 355 g/mol. The van der Waals surface area contributed by atoms with E-state index in [2.05, 4.69) is 15.6 Å². The first-order chi connectivity index (χ1) is 12.3. The number of pyridine rings is 1. The van der Waals surface area contributed by atoms with Crippen molar-refractivity contribution in [2.75, 3.05) is 13.7 Å². The van der Waals surface area contributed by atoms with Gasteiger partial charge in [-0.15, -0.1) is 0 Å².